The number of hydrogen-bond donors (Lipinski definition) is 1. The second-order valence-corrected chi connectivity index (χ2v) is 5.70. The SMILES string of the molecule is CC(C)NCCCC(C)Oc1cc(F)cc(Br)c1. The van der Waals surface area contributed by atoms with Crippen LogP contribution in [0.5, 0.6) is 5.75 Å². The lowest BCUT2D eigenvalue weighted by atomic mass is 10.2. The number of nitrogens with one attached hydrogen (secondary N) is 1. The maximum atomic E-state index is 13.2. The summed E-state index contributed by atoms with van der Waals surface area (Å²) in [5, 5.41) is 3.36. The first-order valence-corrected chi connectivity index (χ1v) is 7.13. The van der Waals surface area contributed by atoms with E-state index in [1.807, 2.05) is 6.92 Å². The van der Waals surface area contributed by atoms with Gasteiger partial charge in [-0.05, 0) is 38.4 Å². The van der Waals surface area contributed by atoms with Crippen molar-refractivity contribution in [2.75, 3.05) is 6.54 Å². The lowest BCUT2D eigenvalue weighted by Crippen LogP contribution is -2.25. The van der Waals surface area contributed by atoms with E-state index >= 15 is 0 Å². The van der Waals surface area contributed by atoms with Crippen molar-refractivity contribution in [1.29, 1.82) is 0 Å². The Labute approximate surface area is 117 Å². The van der Waals surface area contributed by atoms with E-state index in [1.165, 1.54) is 12.1 Å². The van der Waals surface area contributed by atoms with Crippen molar-refractivity contribution < 1.29 is 9.13 Å². The molecule has 0 fully saturated rings. The van der Waals surface area contributed by atoms with Crippen molar-refractivity contribution in [3.8, 4) is 5.75 Å². The first-order valence-electron chi connectivity index (χ1n) is 6.33. The van der Waals surface area contributed by atoms with Gasteiger partial charge in [0.1, 0.15) is 11.6 Å². The molecule has 1 rings (SSSR count). The first kappa shape index (κ1) is 15.4. The van der Waals surface area contributed by atoms with Gasteiger partial charge in [-0.1, -0.05) is 29.8 Å². The van der Waals surface area contributed by atoms with Gasteiger partial charge < -0.3 is 10.1 Å². The maximum Gasteiger partial charge on any atom is 0.128 e. The molecular formula is C14H21BrFNO. The molecule has 2 nitrogen and oxygen atoms in total. The first-order chi connectivity index (χ1) is 8.47. The third-order valence-corrected chi connectivity index (χ3v) is 2.97. The Hall–Kier alpha value is -0.610. The molecule has 1 unspecified atom stereocenters. The van der Waals surface area contributed by atoms with Gasteiger partial charge in [-0.3, -0.25) is 0 Å². The predicted molar refractivity (Wildman–Crippen MR) is 76.6 cm³/mol. The zero-order valence-electron chi connectivity index (χ0n) is 11.2. The Morgan fingerprint density at radius 1 is 1.28 bits per heavy atom. The average molecular weight is 318 g/mol. The van der Waals surface area contributed by atoms with Gasteiger partial charge in [0.2, 0.25) is 0 Å². The molecule has 18 heavy (non-hydrogen) atoms. The van der Waals surface area contributed by atoms with Crippen LogP contribution in [0, 0.1) is 5.82 Å². The van der Waals surface area contributed by atoms with Gasteiger partial charge in [-0.2, -0.15) is 0 Å². The Morgan fingerprint density at radius 2 is 2.00 bits per heavy atom. The highest BCUT2D eigenvalue weighted by Gasteiger charge is 2.06. The van der Waals surface area contributed by atoms with Crippen molar-refractivity contribution in [2.24, 2.45) is 0 Å². The molecule has 0 aliphatic carbocycles. The highest BCUT2D eigenvalue weighted by Crippen LogP contribution is 2.22. The van der Waals surface area contributed by atoms with Gasteiger partial charge in [0, 0.05) is 16.6 Å². The lowest BCUT2D eigenvalue weighted by Gasteiger charge is -2.15. The molecule has 0 aliphatic rings. The molecule has 1 atom stereocenters. The van der Waals surface area contributed by atoms with Crippen LogP contribution in [0.2, 0.25) is 0 Å². The zero-order chi connectivity index (χ0) is 13.5. The van der Waals surface area contributed by atoms with Gasteiger partial charge >= 0.3 is 0 Å². The topological polar surface area (TPSA) is 21.3 Å². The van der Waals surface area contributed by atoms with Crippen molar-refractivity contribution in [3.63, 3.8) is 0 Å². The molecule has 0 spiro atoms. The second kappa shape index (κ2) is 7.74. The van der Waals surface area contributed by atoms with E-state index in [1.54, 1.807) is 6.07 Å². The fraction of sp³-hybridized carbons (Fsp3) is 0.571. The molecule has 0 heterocycles. The second-order valence-electron chi connectivity index (χ2n) is 4.78. The molecule has 1 aromatic rings. The molecule has 0 bridgehead atoms. The van der Waals surface area contributed by atoms with Crippen LogP contribution >= 0.6 is 15.9 Å². The molecule has 0 saturated carbocycles. The quantitative estimate of drug-likeness (QED) is 0.763. The van der Waals surface area contributed by atoms with E-state index in [-0.39, 0.29) is 11.9 Å². The molecule has 102 valence electrons. The van der Waals surface area contributed by atoms with Crippen LogP contribution in [0.4, 0.5) is 4.39 Å². The third kappa shape index (κ3) is 6.36. The molecule has 0 aromatic heterocycles. The monoisotopic (exact) mass is 317 g/mol. The highest BCUT2D eigenvalue weighted by molar-refractivity contribution is 9.10. The van der Waals surface area contributed by atoms with Crippen LogP contribution in [0.3, 0.4) is 0 Å². The van der Waals surface area contributed by atoms with Crippen molar-refractivity contribution in [3.05, 3.63) is 28.5 Å². The van der Waals surface area contributed by atoms with E-state index < -0.39 is 0 Å². The molecule has 1 N–H and O–H groups in total. The lowest BCUT2D eigenvalue weighted by molar-refractivity contribution is 0.206. The summed E-state index contributed by atoms with van der Waals surface area (Å²) in [6.07, 6.45) is 2.09. The fourth-order valence-electron chi connectivity index (χ4n) is 1.67. The van der Waals surface area contributed by atoms with Gasteiger partial charge in [0.25, 0.3) is 0 Å². The minimum Gasteiger partial charge on any atom is -0.491 e. The smallest absolute Gasteiger partial charge is 0.128 e. The normalized spacial score (nSPS) is 12.8. The molecule has 0 amide bonds. The number of ether oxygens (including phenoxy) is 1. The summed E-state index contributed by atoms with van der Waals surface area (Å²) in [6, 6.07) is 5.13. The van der Waals surface area contributed by atoms with Crippen LogP contribution in [-0.2, 0) is 0 Å². The van der Waals surface area contributed by atoms with Crippen LogP contribution in [0.1, 0.15) is 33.6 Å². The summed E-state index contributed by atoms with van der Waals surface area (Å²) in [4.78, 5) is 0. The highest BCUT2D eigenvalue weighted by atomic mass is 79.9. The molecular weight excluding hydrogens is 297 g/mol. The Balaban J connectivity index is 2.33. The Bertz CT molecular complexity index is 351. The largest absolute Gasteiger partial charge is 0.491 e. The number of rotatable bonds is 7. The van der Waals surface area contributed by atoms with Crippen LogP contribution < -0.4 is 10.1 Å². The van der Waals surface area contributed by atoms with Crippen molar-refractivity contribution in [1.82, 2.24) is 5.32 Å². The number of hydrogen-bond acceptors (Lipinski definition) is 2. The number of halogens is 2. The van der Waals surface area contributed by atoms with Crippen molar-refractivity contribution in [2.45, 2.75) is 45.8 Å². The van der Waals surface area contributed by atoms with E-state index in [0.717, 1.165) is 19.4 Å². The van der Waals surface area contributed by atoms with Crippen LogP contribution in [-0.4, -0.2) is 18.7 Å². The third-order valence-electron chi connectivity index (χ3n) is 2.51. The molecule has 4 heteroatoms. The van der Waals surface area contributed by atoms with E-state index in [2.05, 4.69) is 35.1 Å². The standard InChI is InChI=1S/C14H21BrFNO/c1-10(2)17-6-4-5-11(3)18-14-8-12(15)7-13(16)9-14/h7-11,17H,4-6H2,1-3H3. The number of benzene rings is 1. The Morgan fingerprint density at radius 3 is 2.61 bits per heavy atom. The van der Waals surface area contributed by atoms with Gasteiger partial charge in [0.15, 0.2) is 0 Å². The predicted octanol–water partition coefficient (Wildman–Crippen LogP) is 4.13. The van der Waals surface area contributed by atoms with Crippen LogP contribution in [0.15, 0.2) is 22.7 Å². The molecule has 1 aromatic carbocycles. The van der Waals surface area contributed by atoms with E-state index in [0.29, 0.717) is 16.3 Å². The molecule has 0 radical (unpaired) electrons. The summed E-state index contributed by atoms with van der Waals surface area (Å²) in [5.74, 6) is 0.291. The average Bonchev–Trinajstić information content (AvgIpc) is 2.22. The zero-order valence-corrected chi connectivity index (χ0v) is 12.8. The van der Waals surface area contributed by atoms with Crippen LogP contribution in [0.25, 0.3) is 0 Å². The molecule has 0 aliphatic heterocycles. The molecule has 0 saturated heterocycles. The summed E-state index contributed by atoms with van der Waals surface area (Å²) < 4.78 is 19.5. The summed E-state index contributed by atoms with van der Waals surface area (Å²) in [5.41, 5.74) is 0. The van der Waals surface area contributed by atoms with Gasteiger partial charge in [-0.15, -0.1) is 0 Å². The summed E-state index contributed by atoms with van der Waals surface area (Å²) in [6.45, 7) is 7.25. The summed E-state index contributed by atoms with van der Waals surface area (Å²) >= 11 is 3.25. The minimum absolute atomic E-state index is 0.0904. The van der Waals surface area contributed by atoms with Crippen molar-refractivity contribution >= 4 is 15.9 Å². The maximum absolute atomic E-state index is 13.2. The fourth-order valence-corrected chi connectivity index (χ4v) is 2.11. The Kier molecular flexibility index (Phi) is 6.65. The summed E-state index contributed by atoms with van der Waals surface area (Å²) in [7, 11) is 0. The van der Waals surface area contributed by atoms with Gasteiger partial charge in [-0.25, -0.2) is 4.39 Å². The van der Waals surface area contributed by atoms with Gasteiger partial charge in [0.05, 0.1) is 6.10 Å². The van der Waals surface area contributed by atoms with E-state index in [4.69, 9.17) is 4.74 Å². The minimum atomic E-state index is -0.284. The van der Waals surface area contributed by atoms with E-state index in [9.17, 15) is 4.39 Å².